The second kappa shape index (κ2) is 5.83. The Bertz CT molecular complexity index is 814. The van der Waals surface area contributed by atoms with Gasteiger partial charge in [0.15, 0.2) is 0 Å². The molecule has 116 valence electrons. The number of para-hydroxylation sites is 1. The lowest BCUT2D eigenvalue weighted by atomic mass is 10.2. The maximum absolute atomic E-state index is 13.6. The molecule has 3 aromatic rings. The highest BCUT2D eigenvalue weighted by Gasteiger charge is 2.20. The molecule has 0 spiro atoms. The summed E-state index contributed by atoms with van der Waals surface area (Å²) in [5.41, 5.74) is 2.02. The van der Waals surface area contributed by atoms with Crippen LogP contribution in [0, 0.1) is 5.82 Å². The Balaban J connectivity index is 1.58. The largest absolute Gasteiger partial charge is 0.368 e. The molecule has 4 rings (SSSR count). The average Bonchev–Trinajstić information content (AvgIpc) is 2.62. The van der Waals surface area contributed by atoms with E-state index in [4.69, 9.17) is 0 Å². The van der Waals surface area contributed by atoms with Crippen molar-refractivity contribution in [1.82, 2.24) is 9.97 Å². The van der Waals surface area contributed by atoms with Gasteiger partial charge in [0.2, 0.25) is 0 Å². The average molecular weight is 308 g/mol. The molecule has 1 aliphatic rings. The molecule has 0 atom stereocenters. The molecule has 0 N–H and O–H groups in total. The minimum absolute atomic E-state index is 0.253. The molecular formula is C18H17FN4. The van der Waals surface area contributed by atoms with Crippen LogP contribution in [0.2, 0.25) is 0 Å². The summed E-state index contributed by atoms with van der Waals surface area (Å²) in [6.45, 7) is 3.56. The van der Waals surface area contributed by atoms with Gasteiger partial charge in [-0.2, -0.15) is 0 Å². The maximum Gasteiger partial charge on any atom is 0.140 e. The van der Waals surface area contributed by atoms with Crippen molar-refractivity contribution in [3.8, 4) is 0 Å². The van der Waals surface area contributed by atoms with Gasteiger partial charge in [0.05, 0.1) is 5.52 Å². The van der Waals surface area contributed by atoms with Crippen LogP contribution < -0.4 is 9.80 Å². The molecule has 1 aliphatic heterocycles. The zero-order valence-electron chi connectivity index (χ0n) is 12.7. The van der Waals surface area contributed by atoms with Crippen molar-refractivity contribution in [2.75, 3.05) is 36.0 Å². The fourth-order valence-corrected chi connectivity index (χ4v) is 3.08. The molecule has 1 aromatic heterocycles. The van der Waals surface area contributed by atoms with Crippen LogP contribution in [-0.2, 0) is 0 Å². The highest BCUT2D eigenvalue weighted by molar-refractivity contribution is 5.89. The molecule has 1 fully saturated rings. The number of hydrogen-bond acceptors (Lipinski definition) is 4. The lowest BCUT2D eigenvalue weighted by Gasteiger charge is -2.37. The van der Waals surface area contributed by atoms with Gasteiger partial charge in [0.1, 0.15) is 18.0 Å². The summed E-state index contributed by atoms with van der Waals surface area (Å²) >= 11 is 0. The van der Waals surface area contributed by atoms with E-state index in [1.807, 2.05) is 6.07 Å². The standard InChI is InChI=1S/C18H17FN4/c19-14-6-7-17-16(12-14)18(21-13-20-17)23-10-8-22(9-11-23)15-4-2-1-3-5-15/h1-7,12-13H,8-11H2. The Morgan fingerprint density at radius 2 is 1.57 bits per heavy atom. The van der Waals surface area contributed by atoms with E-state index in [1.165, 1.54) is 17.8 Å². The Morgan fingerprint density at radius 1 is 0.826 bits per heavy atom. The van der Waals surface area contributed by atoms with Gasteiger partial charge in [0.25, 0.3) is 0 Å². The van der Waals surface area contributed by atoms with Crippen molar-refractivity contribution < 1.29 is 4.39 Å². The van der Waals surface area contributed by atoms with E-state index in [0.717, 1.165) is 42.9 Å². The van der Waals surface area contributed by atoms with Crippen LogP contribution in [-0.4, -0.2) is 36.1 Å². The van der Waals surface area contributed by atoms with Crippen LogP contribution in [0.5, 0.6) is 0 Å². The highest BCUT2D eigenvalue weighted by Crippen LogP contribution is 2.25. The first-order chi connectivity index (χ1) is 11.3. The fourth-order valence-electron chi connectivity index (χ4n) is 3.08. The lowest BCUT2D eigenvalue weighted by Crippen LogP contribution is -2.46. The molecule has 4 nitrogen and oxygen atoms in total. The zero-order valence-corrected chi connectivity index (χ0v) is 12.7. The summed E-state index contributed by atoms with van der Waals surface area (Å²) in [6, 6.07) is 15.1. The minimum Gasteiger partial charge on any atom is -0.368 e. The van der Waals surface area contributed by atoms with Crippen LogP contribution in [0.3, 0.4) is 0 Å². The number of nitrogens with zero attached hydrogens (tertiary/aromatic N) is 4. The molecule has 23 heavy (non-hydrogen) atoms. The molecule has 0 bridgehead atoms. The molecule has 0 radical (unpaired) electrons. The number of piperazine rings is 1. The van der Waals surface area contributed by atoms with Gasteiger partial charge in [-0.3, -0.25) is 0 Å². The van der Waals surface area contributed by atoms with E-state index in [1.54, 1.807) is 12.4 Å². The Hall–Kier alpha value is -2.69. The summed E-state index contributed by atoms with van der Waals surface area (Å²) in [5.74, 6) is 0.568. The van der Waals surface area contributed by atoms with E-state index in [-0.39, 0.29) is 5.82 Å². The van der Waals surface area contributed by atoms with Crippen molar-refractivity contribution in [1.29, 1.82) is 0 Å². The van der Waals surface area contributed by atoms with Crippen LogP contribution in [0.25, 0.3) is 10.9 Å². The van der Waals surface area contributed by atoms with Crippen LogP contribution >= 0.6 is 0 Å². The SMILES string of the molecule is Fc1ccc2ncnc(N3CCN(c4ccccc4)CC3)c2c1. The second-order valence-electron chi connectivity index (χ2n) is 5.67. The molecular weight excluding hydrogens is 291 g/mol. The smallest absolute Gasteiger partial charge is 0.140 e. The van der Waals surface area contributed by atoms with E-state index in [2.05, 4.69) is 44.0 Å². The normalized spacial score (nSPS) is 15.2. The maximum atomic E-state index is 13.6. The molecule has 0 saturated carbocycles. The molecule has 1 saturated heterocycles. The molecule has 2 aromatic carbocycles. The first kappa shape index (κ1) is 13.9. The van der Waals surface area contributed by atoms with Gasteiger partial charge in [-0.05, 0) is 30.3 Å². The number of aromatic nitrogens is 2. The van der Waals surface area contributed by atoms with Crippen LogP contribution in [0.4, 0.5) is 15.9 Å². The Morgan fingerprint density at radius 3 is 2.35 bits per heavy atom. The summed E-state index contributed by atoms with van der Waals surface area (Å²) in [5, 5.41) is 0.778. The minimum atomic E-state index is -0.253. The first-order valence-corrected chi connectivity index (χ1v) is 7.76. The number of hydrogen-bond donors (Lipinski definition) is 0. The Labute approximate surface area is 134 Å². The number of halogens is 1. The summed E-state index contributed by atoms with van der Waals surface area (Å²) in [7, 11) is 0. The van der Waals surface area contributed by atoms with Crippen molar-refractivity contribution in [2.45, 2.75) is 0 Å². The third kappa shape index (κ3) is 2.70. The van der Waals surface area contributed by atoms with E-state index >= 15 is 0 Å². The number of rotatable bonds is 2. The van der Waals surface area contributed by atoms with Gasteiger partial charge in [0, 0.05) is 37.3 Å². The molecule has 0 aliphatic carbocycles. The topological polar surface area (TPSA) is 32.3 Å². The van der Waals surface area contributed by atoms with Crippen molar-refractivity contribution in [2.24, 2.45) is 0 Å². The quantitative estimate of drug-likeness (QED) is 0.728. The van der Waals surface area contributed by atoms with Crippen molar-refractivity contribution >= 4 is 22.4 Å². The van der Waals surface area contributed by atoms with Gasteiger partial charge in [-0.15, -0.1) is 0 Å². The molecule has 0 amide bonds. The second-order valence-corrected chi connectivity index (χ2v) is 5.67. The number of benzene rings is 2. The monoisotopic (exact) mass is 308 g/mol. The fraction of sp³-hybridized carbons (Fsp3) is 0.222. The lowest BCUT2D eigenvalue weighted by molar-refractivity contribution is 0.628. The molecule has 5 heteroatoms. The van der Waals surface area contributed by atoms with Crippen LogP contribution in [0.1, 0.15) is 0 Å². The predicted octanol–water partition coefficient (Wildman–Crippen LogP) is 3.10. The summed E-state index contributed by atoms with van der Waals surface area (Å²) in [4.78, 5) is 13.2. The third-order valence-electron chi connectivity index (χ3n) is 4.28. The summed E-state index contributed by atoms with van der Waals surface area (Å²) in [6.07, 6.45) is 1.55. The molecule has 2 heterocycles. The number of fused-ring (bicyclic) bond motifs is 1. The first-order valence-electron chi connectivity index (χ1n) is 7.76. The van der Waals surface area contributed by atoms with E-state index in [9.17, 15) is 4.39 Å². The Kier molecular flexibility index (Phi) is 3.54. The third-order valence-corrected chi connectivity index (χ3v) is 4.28. The van der Waals surface area contributed by atoms with Crippen molar-refractivity contribution in [3.63, 3.8) is 0 Å². The van der Waals surface area contributed by atoms with E-state index < -0.39 is 0 Å². The van der Waals surface area contributed by atoms with E-state index in [0.29, 0.717) is 0 Å². The van der Waals surface area contributed by atoms with Crippen LogP contribution in [0.15, 0.2) is 54.9 Å². The zero-order chi connectivity index (χ0) is 15.6. The van der Waals surface area contributed by atoms with Gasteiger partial charge in [-0.25, -0.2) is 14.4 Å². The van der Waals surface area contributed by atoms with Crippen molar-refractivity contribution in [3.05, 3.63) is 60.7 Å². The van der Waals surface area contributed by atoms with Gasteiger partial charge in [-0.1, -0.05) is 18.2 Å². The predicted molar refractivity (Wildman–Crippen MR) is 90.4 cm³/mol. The molecule has 0 unspecified atom stereocenters. The highest BCUT2D eigenvalue weighted by atomic mass is 19.1. The number of anilines is 2. The van der Waals surface area contributed by atoms with Gasteiger partial charge < -0.3 is 9.80 Å². The summed E-state index contributed by atoms with van der Waals surface area (Å²) < 4.78 is 13.6. The van der Waals surface area contributed by atoms with Gasteiger partial charge >= 0.3 is 0 Å².